The molecule has 1 heterocycles. The molecule has 0 fully saturated rings. The van der Waals surface area contributed by atoms with Gasteiger partial charge < -0.3 is 9.47 Å². The molecule has 0 unspecified atom stereocenters. The first-order valence-electron chi connectivity index (χ1n) is 7.11. The van der Waals surface area contributed by atoms with Gasteiger partial charge in [-0.2, -0.15) is 0 Å². The van der Waals surface area contributed by atoms with E-state index in [9.17, 15) is 4.79 Å². The van der Waals surface area contributed by atoms with E-state index in [-0.39, 0.29) is 11.6 Å². The third-order valence-electron chi connectivity index (χ3n) is 3.51. The van der Waals surface area contributed by atoms with Crippen molar-refractivity contribution in [2.45, 2.75) is 6.92 Å². The molecule has 6 heteroatoms. The minimum atomic E-state index is -0.528. The van der Waals surface area contributed by atoms with Crippen LogP contribution in [0.1, 0.15) is 16.7 Å². The van der Waals surface area contributed by atoms with Gasteiger partial charge in [0.1, 0.15) is 5.75 Å². The smallest absolute Gasteiger partial charge is 0.363 e. The summed E-state index contributed by atoms with van der Waals surface area (Å²) in [6, 6.07) is 10.6. The molecule has 0 aromatic heterocycles. The lowest BCUT2D eigenvalue weighted by Gasteiger charge is -2.09. The molecule has 1 aliphatic rings. The predicted octanol–water partition coefficient (Wildman–Crippen LogP) is 4.65. The molecule has 0 saturated heterocycles. The molecule has 24 heavy (non-hydrogen) atoms. The zero-order valence-corrected chi connectivity index (χ0v) is 14.5. The van der Waals surface area contributed by atoms with Crippen molar-refractivity contribution in [1.82, 2.24) is 0 Å². The average molecular weight is 362 g/mol. The number of para-hydroxylation sites is 1. The zero-order chi connectivity index (χ0) is 17.3. The van der Waals surface area contributed by atoms with E-state index in [2.05, 4.69) is 4.99 Å². The lowest BCUT2D eigenvalue weighted by atomic mass is 10.1. The fraction of sp³-hybridized carbons (Fsp3) is 0.111. The molecule has 4 nitrogen and oxygen atoms in total. The van der Waals surface area contributed by atoms with E-state index in [0.29, 0.717) is 26.9 Å². The number of cyclic esters (lactones) is 1. The van der Waals surface area contributed by atoms with Gasteiger partial charge in [-0.3, -0.25) is 0 Å². The first-order chi connectivity index (χ1) is 11.5. The Morgan fingerprint density at radius 3 is 2.67 bits per heavy atom. The fourth-order valence-corrected chi connectivity index (χ4v) is 2.68. The number of carbonyl (C=O) groups is 1. The van der Waals surface area contributed by atoms with Crippen LogP contribution in [0.4, 0.5) is 0 Å². The predicted molar refractivity (Wildman–Crippen MR) is 94.8 cm³/mol. The van der Waals surface area contributed by atoms with Crippen LogP contribution in [0, 0.1) is 6.92 Å². The monoisotopic (exact) mass is 361 g/mol. The molecule has 3 rings (SSSR count). The molecule has 0 radical (unpaired) electrons. The summed E-state index contributed by atoms with van der Waals surface area (Å²) in [6.07, 6.45) is 1.60. The van der Waals surface area contributed by atoms with Gasteiger partial charge in [0.05, 0.1) is 22.7 Å². The van der Waals surface area contributed by atoms with Crippen LogP contribution in [0.2, 0.25) is 10.0 Å². The Kier molecular flexibility index (Phi) is 4.60. The quantitative estimate of drug-likeness (QED) is 0.590. The van der Waals surface area contributed by atoms with Crippen LogP contribution in [-0.2, 0) is 9.53 Å². The maximum absolute atomic E-state index is 12.1. The average Bonchev–Trinajstić information content (AvgIpc) is 2.91. The standard InChI is InChI=1S/C18H13Cl2NO3/c1-10-4-3-5-12(16(10)23-2)17-21-15(18(22)24-17)9-11-6-7-13(19)14(20)8-11/h3-9H,1-2H3/b15-9-. The van der Waals surface area contributed by atoms with Crippen molar-refractivity contribution < 1.29 is 14.3 Å². The molecule has 122 valence electrons. The van der Waals surface area contributed by atoms with Gasteiger partial charge >= 0.3 is 5.97 Å². The maximum Gasteiger partial charge on any atom is 0.363 e. The highest BCUT2D eigenvalue weighted by atomic mass is 35.5. The van der Waals surface area contributed by atoms with Crippen LogP contribution in [0.3, 0.4) is 0 Å². The normalized spacial score (nSPS) is 15.4. The van der Waals surface area contributed by atoms with Gasteiger partial charge in [0.15, 0.2) is 5.70 Å². The second kappa shape index (κ2) is 6.67. The molecular weight excluding hydrogens is 349 g/mol. The largest absolute Gasteiger partial charge is 0.496 e. The summed E-state index contributed by atoms with van der Waals surface area (Å²) in [5.41, 5.74) is 2.45. The highest BCUT2D eigenvalue weighted by molar-refractivity contribution is 6.42. The second-order valence-electron chi connectivity index (χ2n) is 5.17. The van der Waals surface area contributed by atoms with Gasteiger partial charge in [-0.15, -0.1) is 0 Å². The Balaban J connectivity index is 2.00. The topological polar surface area (TPSA) is 47.9 Å². The van der Waals surface area contributed by atoms with E-state index in [4.69, 9.17) is 32.7 Å². The number of aryl methyl sites for hydroxylation is 1. The van der Waals surface area contributed by atoms with E-state index in [1.165, 1.54) is 0 Å². The Labute approximate surface area is 149 Å². The van der Waals surface area contributed by atoms with Crippen LogP contribution < -0.4 is 4.74 Å². The molecule has 0 saturated carbocycles. The number of ether oxygens (including phenoxy) is 2. The lowest BCUT2D eigenvalue weighted by Crippen LogP contribution is -2.07. The van der Waals surface area contributed by atoms with Crippen molar-refractivity contribution in [1.29, 1.82) is 0 Å². The first-order valence-corrected chi connectivity index (χ1v) is 7.87. The molecule has 0 N–H and O–H groups in total. The van der Waals surface area contributed by atoms with Gasteiger partial charge in [0, 0.05) is 0 Å². The third kappa shape index (κ3) is 3.16. The third-order valence-corrected chi connectivity index (χ3v) is 4.25. The number of aliphatic imine (C=N–C) groups is 1. The summed E-state index contributed by atoms with van der Waals surface area (Å²) in [7, 11) is 1.57. The minimum absolute atomic E-state index is 0.187. The number of halogens is 2. The summed E-state index contributed by atoms with van der Waals surface area (Å²) >= 11 is 11.9. The van der Waals surface area contributed by atoms with Crippen molar-refractivity contribution in [2.24, 2.45) is 4.99 Å². The van der Waals surface area contributed by atoms with E-state index >= 15 is 0 Å². The van der Waals surface area contributed by atoms with Crippen molar-refractivity contribution in [3.05, 3.63) is 68.8 Å². The van der Waals surface area contributed by atoms with Crippen LogP contribution >= 0.6 is 23.2 Å². The van der Waals surface area contributed by atoms with Crippen LogP contribution in [-0.4, -0.2) is 19.0 Å². The van der Waals surface area contributed by atoms with E-state index < -0.39 is 5.97 Å². The number of methoxy groups -OCH3 is 1. The highest BCUT2D eigenvalue weighted by Crippen LogP contribution is 2.29. The van der Waals surface area contributed by atoms with Crippen molar-refractivity contribution in [3.63, 3.8) is 0 Å². The second-order valence-corrected chi connectivity index (χ2v) is 5.98. The van der Waals surface area contributed by atoms with Crippen molar-refractivity contribution in [3.8, 4) is 5.75 Å². The minimum Gasteiger partial charge on any atom is -0.496 e. The van der Waals surface area contributed by atoms with Gasteiger partial charge in [-0.25, -0.2) is 9.79 Å². The SMILES string of the molecule is COc1c(C)cccc1C1=N/C(=C\c2ccc(Cl)c(Cl)c2)C(=O)O1. The molecule has 0 atom stereocenters. The Morgan fingerprint density at radius 2 is 1.96 bits per heavy atom. The molecule has 2 aromatic rings. The summed E-state index contributed by atoms with van der Waals surface area (Å²) in [5.74, 6) is 0.311. The van der Waals surface area contributed by atoms with Crippen LogP contribution in [0.15, 0.2) is 47.1 Å². The number of nitrogens with zero attached hydrogens (tertiary/aromatic N) is 1. The van der Waals surface area contributed by atoms with E-state index in [1.807, 2.05) is 19.1 Å². The molecule has 1 aliphatic heterocycles. The molecule has 0 spiro atoms. The summed E-state index contributed by atoms with van der Waals surface area (Å²) in [4.78, 5) is 16.4. The summed E-state index contributed by atoms with van der Waals surface area (Å²) in [5, 5.41) is 0.850. The first kappa shape index (κ1) is 16.6. The molecule has 0 bridgehead atoms. The zero-order valence-electron chi connectivity index (χ0n) is 13.0. The number of hydrogen-bond acceptors (Lipinski definition) is 4. The van der Waals surface area contributed by atoms with Gasteiger partial charge in [0.25, 0.3) is 0 Å². The van der Waals surface area contributed by atoms with Crippen molar-refractivity contribution >= 4 is 41.1 Å². The van der Waals surface area contributed by atoms with Crippen LogP contribution in [0.5, 0.6) is 5.75 Å². The van der Waals surface area contributed by atoms with Gasteiger partial charge in [-0.05, 0) is 42.3 Å². The number of hydrogen-bond donors (Lipinski definition) is 0. The molecule has 0 amide bonds. The number of benzene rings is 2. The van der Waals surface area contributed by atoms with Gasteiger partial charge in [0.2, 0.25) is 5.90 Å². The van der Waals surface area contributed by atoms with Gasteiger partial charge in [-0.1, -0.05) is 41.4 Å². The van der Waals surface area contributed by atoms with E-state index in [1.54, 1.807) is 37.5 Å². The Bertz CT molecular complexity index is 888. The number of esters is 1. The highest BCUT2D eigenvalue weighted by Gasteiger charge is 2.26. The van der Waals surface area contributed by atoms with Crippen molar-refractivity contribution in [2.75, 3.05) is 7.11 Å². The fourth-order valence-electron chi connectivity index (χ4n) is 2.38. The number of rotatable bonds is 3. The number of carbonyl (C=O) groups excluding carboxylic acids is 1. The Hall–Kier alpha value is -2.30. The summed E-state index contributed by atoms with van der Waals surface area (Å²) < 4.78 is 10.7. The van der Waals surface area contributed by atoms with E-state index in [0.717, 1.165) is 5.56 Å². The molecule has 2 aromatic carbocycles. The van der Waals surface area contributed by atoms with Crippen LogP contribution in [0.25, 0.3) is 6.08 Å². The Morgan fingerprint density at radius 1 is 1.17 bits per heavy atom. The molecule has 0 aliphatic carbocycles. The molecular formula is C18H13Cl2NO3. The summed E-state index contributed by atoms with van der Waals surface area (Å²) in [6.45, 7) is 1.91. The maximum atomic E-state index is 12.1. The lowest BCUT2D eigenvalue weighted by molar-refractivity contribution is -0.129.